The Morgan fingerprint density at radius 3 is 2.80 bits per heavy atom. The molecule has 0 radical (unpaired) electrons. The molecule has 10 heavy (non-hydrogen) atoms. The summed E-state index contributed by atoms with van der Waals surface area (Å²) in [6, 6.07) is 0. The van der Waals surface area contributed by atoms with E-state index in [0.717, 1.165) is 17.7 Å². The van der Waals surface area contributed by atoms with Crippen molar-refractivity contribution in [2.75, 3.05) is 0 Å². The quantitative estimate of drug-likeness (QED) is 0.629. The van der Waals surface area contributed by atoms with E-state index in [9.17, 15) is 0 Å². The molecule has 56 valence electrons. The smallest absolute Gasteiger partial charge is 0.142 e. The van der Waals surface area contributed by atoms with Gasteiger partial charge in [-0.25, -0.2) is 0 Å². The minimum atomic E-state index is 0.502. The van der Waals surface area contributed by atoms with Crippen LogP contribution in [0, 0.1) is 6.92 Å². The summed E-state index contributed by atoms with van der Waals surface area (Å²) in [5, 5.41) is 3.72. The lowest BCUT2D eigenvalue weighted by Gasteiger charge is -2.02. The standard InChI is InChI=1S/C8H13NO/c1-4-6(2)8-7(3)5-9-10-8/h5-6H,4H2,1-3H3. The molecule has 0 N–H and O–H groups in total. The second kappa shape index (κ2) is 2.86. The van der Waals surface area contributed by atoms with Gasteiger partial charge in [-0.1, -0.05) is 19.0 Å². The van der Waals surface area contributed by atoms with E-state index in [-0.39, 0.29) is 0 Å². The molecule has 1 unspecified atom stereocenters. The first-order valence-corrected chi connectivity index (χ1v) is 3.66. The van der Waals surface area contributed by atoms with Crippen LogP contribution in [0.1, 0.15) is 37.5 Å². The molecule has 0 fully saturated rings. The number of aromatic nitrogens is 1. The topological polar surface area (TPSA) is 26.0 Å². The van der Waals surface area contributed by atoms with Crippen molar-refractivity contribution in [3.8, 4) is 0 Å². The Morgan fingerprint density at radius 2 is 2.40 bits per heavy atom. The van der Waals surface area contributed by atoms with Gasteiger partial charge in [0.1, 0.15) is 5.76 Å². The Bertz CT molecular complexity index is 205. The molecule has 0 amide bonds. The van der Waals surface area contributed by atoms with Gasteiger partial charge in [0, 0.05) is 11.5 Å². The highest BCUT2D eigenvalue weighted by molar-refractivity contribution is 5.14. The van der Waals surface area contributed by atoms with Crippen LogP contribution in [-0.4, -0.2) is 5.16 Å². The molecule has 1 atom stereocenters. The lowest BCUT2D eigenvalue weighted by Crippen LogP contribution is -1.89. The number of hydrogen-bond acceptors (Lipinski definition) is 2. The van der Waals surface area contributed by atoms with Crippen molar-refractivity contribution in [3.05, 3.63) is 17.5 Å². The maximum absolute atomic E-state index is 5.07. The normalized spacial score (nSPS) is 13.5. The van der Waals surface area contributed by atoms with Gasteiger partial charge >= 0.3 is 0 Å². The molecular formula is C8H13NO. The van der Waals surface area contributed by atoms with Crippen LogP contribution in [0.15, 0.2) is 10.7 Å². The van der Waals surface area contributed by atoms with E-state index < -0.39 is 0 Å². The summed E-state index contributed by atoms with van der Waals surface area (Å²) in [4.78, 5) is 0. The van der Waals surface area contributed by atoms with E-state index in [1.165, 1.54) is 0 Å². The van der Waals surface area contributed by atoms with Gasteiger partial charge in [-0.15, -0.1) is 0 Å². The molecule has 2 heteroatoms. The van der Waals surface area contributed by atoms with Gasteiger partial charge in [-0.2, -0.15) is 0 Å². The molecule has 1 aromatic rings. The van der Waals surface area contributed by atoms with Gasteiger partial charge in [0.2, 0.25) is 0 Å². The summed E-state index contributed by atoms with van der Waals surface area (Å²) in [6.45, 7) is 6.32. The van der Waals surface area contributed by atoms with Crippen molar-refractivity contribution in [3.63, 3.8) is 0 Å². The summed E-state index contributed by atoms with van der Waals surface area (Å²) < 4.78 is 5.07. The first-order chi connectivity index (χ1) is 4.75. The van der Waals surface area contributed by atoms with Gasteiger partial charge in [-0.05, 0) is 13.3 Å². The molecule has 1 aromatic heterocycles. The average molecular weight is 139 g/mol. The number of nitrogens with zero attached hydrogens (tertiary/aromatic N) is 1. The summed E-state index contributed by atoms with van der Waals surface area (Å²) in [5.41, 5.74) is 1.16. The number of hydrogen-bond donors (Lipinski definition) is 0. The van der Waals surface area contributed by atoms with Crippen LogP contribution in [0.2, 0.25) is 0 Å². The molecular weight excluding hydrogens is 126 g/mol. The molecule has 0 saturated heterocycles. The van der Waals surface area contributed by atoms with E-state index in [1.54, 1.807) is 6.20 Å². The fraction of sp³-hybridized carbons (Fsp3) is 0.625. The van der Waals surface area contributed by atoms with Crippen molar-refractivity contribution in [2.45, 2.75) is 33.1 Å². The van der Waals surface area contributed by atoms with Crippen molar-refractivity contribution in [1.82, 2.24) is 5.16 Å². The third-order valence-corrected chi connectivity index (χ3v) is 1.85. The first kappa shape index (κ1) is 7.32. The maximum atomic E-state index is 5.07. The molecule has 2 nitrogen and oxygen atoms in total. The highest BCUT2D eigenvalue weighted by Crippen LogP contribution is 2.20. The molecule has 0 spiro atoms. The van der Waals surface area contributed by atoms with Gasteiger partial charge in [-0.3, -0.25) is 0 Å². The third kappa shape index (κ3) is 1.20. The van der Waals surface area contributed by atoms with Crippen molar-refractivity contribution in [2.24, 2.45) is 0 Å². The largest absolute Gasteiger partial charge is 0.361 e. The molecule has 0 aliphatic rings. The zero-order valence-corrected chi connectivity index (χ0v) is 6.72. The summed E-state index contributed by atoms with van der Waals surface area (Å²) >= 11 is 0. The Labute approximate surface area is 61.2 Å². The third-order valence-electron chi connectivity index (χ3n) is 1.85. The Balaban J connectivity index is 2.82. The fourth-order valence-electron chi connectivity index (χ4n) is 0.962. The predicted molar refractivity (Wildman–Crippen MR) is 39.9 cm³/mol. The molecule has 0 aliphatic carbocycles. The molecule has 0 bridgehead atoms. The van der Waals surface area contributed by atoms with E-state index >= 15 is 0 Å². The Kier molecular flexibility index (Phi) is 2.10. The lowest BCUT2D eigenvalue weighted by molar-refractivity contribution is 0.362. The van der Waals surface area contributed by atoms with Gasteiger partial charge in [0.25, 0.3) is 0 Å². The first-order valence-electron chi connectivity index (χ1n) is 3.66. The zero-order valence-electron chi connectivity index (χ0n) is 6.72. The minimum absolute atomic E-state index is 0.502. The van der Waals surface area contributed by atoms with Crippen molar-refractivity contribution < 1.29 is 4.52 Å². The van der Waals surface area contributed by atoms with Crippen LogP contribution in [0.4, 0.5) is 0 Å². The van der Waals surface area contributed by atoms with Crippen molar-refractivity contribution in [1.29, 1.82) is 0 Å². The fourth-order valence-corrected chi connectivity index (χ4v) is 0.962. The van der Waals surface area contributed by atoms with Crippen LogP contribution >= 0.6 is 0 Å². The SMILES string of the molecule is CCC(C)c1oncc1C. The van der Waals surface area contributed by atoms with Gasteiger partial charge < -0.3 is 4.52 Å². The van der Waals surface area contributed by atoms with E-state index in [0.29, 0.717) is 5.92 Å². The monoisotopic (exact) mass is 139 g/mol. The van der Waals surface area contributed by atoms with Crippen LogP contribution in [0.3, 0.4) is 0 Å². The van der Waals surface area contributed by atoms with E-state index in [4.69, 9.17) is 4.52 Å². The summed E-state index contributed by atoms with van der Waals surface area (Å²) in [5.74, 6) is 1.53. The highest BCUT2D eigenvalue weighted by atomic mass is 16.5. The summed E-state index contributed by atoms with van der Waals surface area (Å²) in [6.07, 6.45) is 2.87. The second-order valence-corrected chi connectivity index (χ2v) is 2.68. The number of aryl methyl sites for hydroxylation is 1. The lowest BCUT2D eigenvalue weighted by atomic mass is 10.0. The van der Waals surface area contributed by atoms with Crippen LogP contribution in [0.5, 0.6) is 0 Å². The average Bonchev–Trinajstić information content (AvgIpc) is 2.34. The van der Waals surface area contributed by atoms with Gasteiger partial charge in [0.15, 0.2) is 0 Å². The Hall–Kier alpha value is -0.790. The molecule has 0 aliphatic heterocycles. The molecule has 0 saturated carbocycles. The van der Waals surface area contributed by atoms with Crippen LogP contribution < -0.4 is 0 Å². The predicted octanol–water partition coefficient (Wildman–Crippen LogP) is 2.50. The van der Waals surface area contributed by atoms with E-state index in [2.05, 4.69) is 19.0 Å². The maximum Gasteiger partial charge on any atom is 0.142 e. The molecule has 0 aromatic carbocycles. The van der Waals surface area contributed by atoms with Crippen LogP contribution in [-0.2, 0) is 0 Å². The summed E-state index contributed by atoms with van der Waals surface area (Å²) in [7, 11) is 0. The number of rotatable bonds is 2. The van der Waals surface area contributed by atoms with Crippen LogP contribution in [0.25, 0.3) is 0 Å². The minimum Gasteiger partial charge on any atom is -0.361 e. The molecule has 1 heterocycles. The highest BCUT2D eigenvalue weighted by Gasteiger charge is 2.09. The van der Waals surface area contributed by atoms with Gasteiger partial charge in [0.05, 0.1) is 6.20 Å². The Morgan fingerprint density at radius 1 is 1.70 bits per heavy atom. The van der Waals surface area contributed by atoms with Crippen molar-refractivity contribution >= 4 is 0 Å². The zero-order chi connectivity index (χ0) is 7.56. The second-order valence-electron chi connectivity index (χ2n) is 2.68. The molecule has 1 rings (SSSR count). The van der Waals surface area contributed by atoms with E-state index in [1.807, 2.05) is 6.92 Å².